The van der Waals surface area contributed by atoms with Gasteiger partial charge in [-0.05, 0) is 86.3 Å². The average molecular weight is 671 g/mol. The zero-order chi connectivity index (χ0) is 33.7. The summed E-state index contributed by atoms with van der Waals surface area (Å²) in [5.41, 5.74) is 5.56. The van der Waals surface area contributed by atoms with E-state index >= 15 is 0 Å². The molecule has 254 valence electrons. The summed E-state index contributed by atoms with van der Waals surface area (Å²) in [6.07, 6.45) is 2.50. The second-order valence-corrected chi connectivity index (χ2v) is 14.6. The highest BCUT2D eigenvalue weighted by atomic mass is 32.2. The summed E-state index contributed by atoms with van der Waals surface area (Å²) in [6.45, 7) is 8.28. The van der Waals surface area contributed by atoms with Crippen LogP contribution in [0.2, 0.25) is 0 Å². The minimum absolute atomic E-state index is 0.0757. The van der Waals surface area contributed by atoms with Crippen molar-refractivity contribution >= 4 is 15.9 Å². The smallest absolute Gasteiger partial charge is 0.249 e. The average Bonchev–Trinajstić information content (AvgIpc) is 3.76. The van der Waals surface area contributed by atoms with E-state index in [1.54, 1.807) is 33.1 Å². The van der Waals surface area contributed by atoms with Gasteiger partial charge in [-0.1, -0.05) is 60.7 Å². The highest BCUT2D eigenvalue weighted by molar-refractivity contribution is 7.89. The second-order valence-electron chi connectivity index (χ2n) is 12.8. The van der Waals surface area contributed by atoms with Crippen molar-refractivity contribution in [1.82, 2.24) is 18.7 Å². The van der Waals surface area contributed by atoms with Gasteiger partial charge in [0.15, 0.2) is 0 Å². The Morgan fingerprint density at radius 2 is 1.54 bits per heavy atom. The lowest BCUT2D eigenvalue weighted by atomic mass is 10.00. The quantitative estimate of drug-likeness (QED) is 0.174. The third-order valence-corrected chi connectivity index (χ3v) is 11.6. The second kappa shape index (κ2) is 15.1. The molecular formula is C38H46N4O5S. The van der Waals surface area contributed by atoms with Crippen LogP contribution >= 0.6 is 0 Å². The fourth-order valence-corrected chi connectivity index (χ4v) is 8.97. The number of rotatable bonds is 13. The van der Waals surface area contributed by atoms with Crippen LogP contribution in [0.3, 0.4) is 0 Å². The Labute approximate surface area is 284 Å². The predicted molar refractivity (Wildman–Crippen MR) is 186 cm³/mol. The zero-order valence-electron chi connectivity index (χ0n) is 28.2. The largest absolute Gasteiger partial charge is 0.497 e. The number of benzene rings is 3. The molecule has 1 atom stereocenters. The number of likely N-dealkylation sites (tertiary alicyclic amines) is 1. The van der Waals surface area contributed by atoms with Crippen molar-refractivity contribution in [2.45, 2.75) is 57.3 Å². The lowest BCUT2D eigenvalue weighted by molar-refractivity contribution is -0.139. The summed E-state index contributed by atoms with van der Waals surface area (Å²) in [5, 5.41) is 0. The topological polar surface area (TPSA) is 84.3 Å². The Hall–Kier alpha value is -3.96. The van der Waals surface area contributed by atoms with Gasteiger partial charge in [-0.15, -0.1) is 0 Å². The highest BCUT2D eigenvalue weighted by Gasteiger charge is 2.34. The van der Waals surface area contributed by atoms with Gasteiger partial charge >= 0.3 is 0 Å². The molecule has 0 N–H and O–H groups in total. The fourth-order valence-electron chi connectivity index (χ4n) is 7.14. The van der Waals surface area contributed by atoms with Crippen LogP contribution in [0.15, 0.2) is 89.8 Å². The molecule has 0 spiro atoms. The Kier molecular flexibility index (Phi) is 10.7. The van der Waals surface area contributed by atoms with Crippen LogP contribution in [0.25, 0.3) is 0 Å². The maximum atomic E-state index is 14.1. The number of aryl methyl sites for hydroxylation is 2. The molecule has 1 saturated heterocycles. The lowest BCUT2D eigenvalue weighted by Crippen LogP contribution is -2.44. The fraction of sp³-hybridized carbons (Fsp3) is 0.395. The van der Waals surface area contributed by atoms with Crippen molar-refractivity contribution in [1.29, 1.82) is 0 Å². The Morgan fingerprint density at radius 1 is 0.875 bits per heavy atom. The van der Waals surface area contributed by atoms with Gasteiger partial charge in [-0.25, -0.2) is 8.42 Å². The first-order valence-corrected chi connectivity index (χ1v) is 18.2. The first-order valence-electron chi connectivity index (χ1n) is 16.8. The standard InChI is InChI=1S/C38H46N4O5S/c1-29-24-34(46-3)25-30(2)38(29)48(44,45)40(26-31-12-6-4-7-13-31)22-23-47-28-36(43)42-21-20-41-33(27-39-18-10-11-19-39)16-17-35(41)37(42)32-14-8-5-9-15-32/h4-9,12-17,24-25,37H,10-11,18-23,26-28H2,1-3H3. The van der Waals surface area contributed by atoms with E-state index in [0.29, 0.717) is 23.4 Å². The first kappa shape index (κ1) is 33.9. The predicted octanol–water partition coefficient (Wildman–Crippen LogP) is 5.55. The van der Waals surface area contributed by atoms with E-state index in [0.717, 1.165) is 43.0 Å². The zero-order valence-corrected chi connectivity index (χ0v) is 29.0. The highest BCUT2D eigenvalue weighted by Crippen LogP contribution is 2.34. The number of aromatic nitrogens is 1. The van der Waals surface area contributed by atoms with Crippen molar-refractivity contribution < 1.29 is 22.7 Å². The number of nitrogens with zero attached hydrogens (tertiary/aromatic N) is 4. The summed E-state index contributed by atoms with van der Waals surface area (Å²) >= 11 is 0. The van der Waals surface area contributed by atoms with E-state index in [9.17, 15) is 13.2 Å². The van der Waals surface area contributed by atoms with Gasteiger partial charge in [0.1, 0.15) is 12.4 Å². The molecule has 2 aliphatic rings. The van der Waals surface area contributed by atoms with E-state index in [2.05, 4.69) is 33.7 Å². The summed E-state index contributed by atoms with van der Waals surface area (Å²) in [5.74, 6) is 0.499. The number of fused-ring (bicyclic) bond motifs is 1. The van der Waals surface area contributed by atoms with Gasteiger partial charge in [0.05, 0.1) is 24.7 Å². The third kappa shape index (κ3) is 7.37. The van der Waals surface area contributed by atoms with Gasteiger partial charge in [-0.3, -0.25) is 9.69 Å². The Morgan fingerprint density at radius 3 is 2.21 bits per heavy atom. The van der Waals surface area contributed by atoms with Crippen molar-refractivity contribution in [3.63, 3.8) is 0 Å². The van der Waals surface area contributed by atoms with E-state index in [-0.39, 0.29) is 43.1 Å². The summed E-state index contributed by atoms with van der Waals surface area (Å²) in [6, 6.07) is 27.3. The van der Waals surface area contributed by atoms with Crippen molar-refractivity contribution in [2.75, 3.05) is 46.5 Å². The molecule has 4 aromatic rings. The van der Waals surface area contributed by atoms with Crippen LogP contribution in [-0.4, -0.2) is 79.5 Å². The maximum Gasteiger partial charge on any atom is 0.249 e. The van der Waals surface area contributed by atoms with Crippen LogP contribution in [0, 0.1) is 13.8 Å². The molecule has 1 aromatic heterocycles. The number of ether oxygens (including phenoxy) is 2. The lowest BCUT2D eigenvalue weighted by Gasteiger charge is -2.38. The van der Waals surface area contributed by atoms with Gasteiger partial charge in [0, 0.05) is 44.1 Å². The molecular weight excluding hydrogens is 625 g/mol. The molecule has 10 heteroatoms. The first-order chi connectivity index (χ1) is 23.3. The molecule has 3 heterocycles. The molecule has 1 fully saturated rings. The van der Waals surface area contributed by atoms with Crippen LogP contribution in [0.4, 0.5) is 0 Å². The number of amides is 1. The molecule has 0 bridgehead atoms. The van der Waals surface area contributed by atoms with Gasteiger partial charge in [-0.2, -0.15) is 4.31 Å². The molecule has 2 aliphatic heterocycles. The number of hydrogen-bond donors (Lipinski definition) is 0. The molecule has 1 unspecified atom stereocenters. The minimum Gasteiger partial charge on any atom is -0.497 e. The number of carbonyl (C=O) groups is 1. The van der Waals surface area contributed by atoms with Gasteiger partial charge in [0.2, 0.25) is 15.9 Å². The summed E-state index contributed by atoms with van der Waals surface area (Å²) in [7, 11) is -2.33. The Balaban J connectivity index is 1.17. The number of carbonyl (C=O) groups excluding carboxylic acids is 1. The van der Waals surface area contributed by atoms with E-state index in [1.807, 2.05) is 53.4 Å². The molecule has 3 aromatic carbocycles. The van der Waals surface area contributed by atoms with E-state index in [4.69, 9.17) is 9.47 Å². The van der Waals surface area contributed by atoms with Crippen molar-refractivity contribution in [3.05, 3.63) is 119 Å². The SMILES string of the molecule is COc1cc(C)c(S(=O)(=O)N(CCOCC(=O)N2CCn3c(CN4CCCC4)ccc3C2c2ccccc2)Cc2ccccc2)c(C)c1. The summed E-state index contributed by atoms with van der Waals surface area (Å²) in [4.78, 5) is 18.5. The van der Waals surface area contributed by atoms with Crippen molar-refractivity contribution in [2.24, 2.45) is 0 Å². The molecule has 1 amide bonds. The van der Waals surface area contributed by atoms with Crippen LogP contribution < -0.4 is 4.74 Å². The Bertz CT molecular complexity index is 1780. The van der Waals surface area contributed by atoms with Crippen LogP contribution in [0.5, 0.6) is 5.75 Å². The van der Waals surface area contributed by atoms with Gasteiger partial charge in [0.25, 0.3) is 0 Å². The molecule has 48 heavy (non-hydrogen) atoms. The van der Waals surface area contributed by atoms with Crippen molar-refractivity contribution in [3.8, 4) is 5.75 Å². The monoisotopic (exact) mass is 670 g/mol. The normalized spacial score (nSPS) is 16.8. The van der Waals surface area contributed by atoms with E-state index < -0.39 is 10.0 Å². The number of sulfonamides is 1. The number of hydrogen-bond acceptors (Lipinski definition) is 6. The number of methoxy groups -OCH3 is 1. The van der Waals surface area contributed by atoms with E-state index in [1.165, 1.54) is 22.8 Å². The molecule has 0 radical (unpaired) electrons. The van der Waals surface area contributed by atoms with Gasteiger partial charge < -0.3 is 18.9 Å². The minimum atomic E-state index is -3.90. The molecule has 9 nitrogen and oxygen atoms in total. The third-order valence-electron chi connectivity index (χ3n) is 9.46. The maximum absolute atomic E-state index is 14.1. The van der Waals surface area contributed by atoms with Crippen LogP contribution in [-0.2, 0) is 39.2 Å². The molecule has 0 saturated carbocycles. The molecule has 0 aliphatic carbocycles. The van der Waals surface area contributed by atoms with Crippen LogP contribution in [0.1, 0.15) is 52.5 Å². The molecule has 6 rings (SSSR count). The summed E-state index contributed by atoms with van der Waals surface area (Å²) < 4.78 is 43.4.